The minimum absolute atomic E-state index is 0.753. The Bertz CT molecular complexity index is 3040. The first-order valence-corrected chi connectivity index (χ1v) is 18.1. The first kappa shape index (κ1) is 29.5. The van der Waals surface area contributed by atoms with Gasteiger partial charge in [-0.3, -0.25) is 4.57 Å². The summed E-state index contributed by atoms with van der Waals surface area (Å²) in [4.78, 5) is 10.8. The molecule has 0 saturated heterocycles. The number of fused-ring (bicyclic) bond motifs is 12. The van der Waals surface area contributed by atoms with Gasteiger partial charge in [-0.1, -0.05) is 146 Å². The fourth-order valence-electron chi connectivity index (χ4n) is 7.81. The van der Waals surface area contributed by atoms with Crippen LogP contribution in [0.2, 0.25) is 0 Å². The number of aromatic nitrogens is 3. The zero-order valence-corrected chi connectivity index (χ0v) is 28.8. The molecule has 10 rings (SSSR count). The first-order valence-electron chi connectivity index (χ1n) is 17.2. The van der Waals surface area contributed by atoms with E-state index in [9.17, 15) is 0 Å². The van der Waals surface area contributed by atoms with Gasteiger partial charge in [0.1, 0.15) is 5.69 Å². The largest absolute Gasteiger partial charge is 0.290 e. The lowest BCUT2D eigenvalue weighted by molar-refractivity contribution is 1.03. The maximum atomic E-state index is 5.47. The Labute approximate surface area is 299 Å². The van der Waals surface area contributed by atoms with E-state index >= 15 is 0 Å². The molecule has 51 heavy (non-hydrogen) atoms. The van der Waals surface area contributed by atoms with Gasteiger partial charge in [0.25, 0.3) is 0 Å². The van der Waals surface area contributed by atoms with Crippen LogP contribution in [0.3, 0.4) is 0 Å². The summed E-state index contributed by atoms with van der Waals surface area (Å²) < 4.78 is 4.93. The molecule has 0 saturated carbocycles. The fourth-order valence-corrected chi connectivity index (χ4v) is 9.20. The lowest BCUT2D eigenvalue weighted by Crippen LogP contribution is -2.06. The molecule has 3 nitrogen and oxygen atoms in total. The molecule has 0 atom stereocenters. The number of allylic oxidation sites excluding steroid dienone is 1. The van der Waals surface area contributed by atoms with Crippen LogP contribution >= 0.6 is 11.3 Å². The number of para-hydroxylation sites is 1. The smallest absolute Gasteiger partial charge is 0.165 e. The van der Waals surface area contributed by atoms with Crippen molar-refractivity contribution in [3.8, 4) is 28.2 Å². The van der Waals surface area contributed by atoms with Crippen LogP contribution in [0.1, 0.15) is 18.3 Å². The van der Waals surface area contributed by atoms with Crippen LogP contribution in [0, 0.1) is 0 Å². The van der Waals surface area contributed by atoms with Gasteiger partial charge >= 0.3 is 0 Å². The van der Waals surface area contributed by atoms with Gasteiger partial charge in [-0.25, -0.2) is 9.97 Å². The Morgan fingerprint density at radius 2 is 1.20 bits per heavy atom. The molecule has 0 spiro atoms. The quantitative estimate of drug-likeness (QED) is 0.183. The number of hydrogen-bond donors (Lipinski definition) is 0. The van der Waals surface area contributed by atoms with Crippen LogP contribution in [0.15, 0.2) is 152 Å². The molecule has 3 heterocycles. The van der Waals surface area contributed by atoms with E-state index in [1.807, 2.05) is 42.6 Å². The highest BCUT2D eigenvalue weighted by molar-refractivity contribution is 7.27. The number of hydrogen-bond acceptors (Lipinski definition) is 3. The molecule has 4 heteroatoms. The molecular formula is C47H31N3S. The van der Waals surface area contributed by atoms with Crippen molar-refractivity contribution in [2.45, 2.75) is 6.92 Å². The van der Waals surface area contributed by atoms with Crippen LogP contribution in [-0.4, -0.2) is 14.5 Å². The van der Waals surface area contributed by atoms with E-state index in [-0.39, 0.29) is 0 Å². The van der Waals surface area contributed by atoms with Crippen molar-refractivity contribution in [1.82, 2.24) is 14.5 Å². The topological polar surface area (TPSA) is 30.7 Å². The van der Waals surface area contributed by atoms with Crippen molar-refractivity contribution in [3.05, 3.63) is 164 Å². The van der Waals surface area contributed by atoms with Crippen molar-refractivity contribution >= 4 is 87.0 Å². The maximum absolute atomic E-state index is 5.47. The van der Waals surface area contributed by atoms with Gasteiger partial charge in [0.15, 0.2) is 5.82 Å². The molecule has 10 aromatic rings. The molecule has 0 aliphatic rings. The molecule has 0 radical (unpaired) electrons. The van der Waals surface area contributed by atoms with Crippen molar-refractivity contribution in [2.24, 2.45) is 0 Å². The lowest BCUT2D eigenvalue weighted by Gasteiger charge is -2.16. The van der Waals surface area contributed by atoms with E-state index in [4.69, 9.17) is 9.97 Å². The van der Waals surface area contributed by atoms with Crippen LogP contribution < -0.4 is 0 Å². The fraction of sp³-hybridized carbons (Fsp3) is 0.0213. The van der Waals surface area contributed by atoms with Gasteiger partial charge in [0.2, 0.25) is 0 Å². The van der Waals surface area contributed by atoms with E-state index in [0.717, 1.165) is 45.1 Å². The Balaban J connectivity index is 1.39. The molecule has 3 aromatic heterocycles. The highest BCUT2D eigenvalue weighted by atomic mass is 32.1. The lowest BCUT2D eigenvalue weighted by atomic mass is 9.98. The average Bonchev–Trinajstić information content (AvgIpc) is 3.76. The summed E-state index contributed by atoms with van der Waals surface area (Å²) in [6.07, 6.45) is 5.85. The summed E-state index contributed by atoms with van der Waals surface area (Å²) >= 11 is 1.88. The van der Waals surface area contributed by atoms with Crippen LogP contribution in [0.5, 0.6) is 0 Å². The zero-order valence-electron chi connectivity index (χ0n) is 28.0. The van der Waals surface area contributed by atoms with E-state index in [1.54, 1.807) is 0 Å². The first-order chi connectivity index (χ1) is 25.2. The summed E-state index contributed by atoms with van der Waals surface area (Å²) in [5.74, 6) is 0.797. The summed E-state index contributed by atoms with van der Waals surface area (Å²) in [6.45, 7) is 6.15. The van der Waals surface area contributed by atoms with Gasteiger partial charge < -0.3 is 0 Å². The predicted octanol–water partition coefficient (Wildman–Crippen LogP) is 13.3. The zero-order chi connectivity index (χ0) is 34.1. The molecule has 0 unspecified atom stereocenters. The second kappa shape index (κ2) is 11.6. The minimum atomic E-state index is 0.753. The van der Waals surface area contributed by atoms with Gasteiger partial charge in [-0.05, 0) is 57.8 Å². The van der Waals surface area contributed by atoms with E-state index < -0.39 is 0 Å². The van der Waals surface area contributed by atoms with E-state index in [2.05, 4.69) is 145 Å². The van der Waals surface area contributed by atoms with Crippen molar-refractivity contribution in [1.29, 1.82) is 0 Å². The predicted molar refractivity (Wildman–Crippen MR) is 220 cm³/mol. The third-order valence-corrected chi connectivity index (χ3v) is 11.3. The molecule has 240 valence electrons. The number of rotatable bonds is 5. The highest BCUT2D eigenvalue weighted by Crippen LogP contribution is 2.49. The Kier molecular flexibility index (Phi) is 6.73. The Morgan fingerprint density at radius 3 is 1.96 bits per heavy atom. The summed E-state index contributed by atoms with van der Waals surface area (Å²) in [6, 6.07) is 50.1. The van der Waals surface area contributed by atoms with E-state index in [1.165, 1.54) is 58.1 Å². The maximum Gasteiger partial charge on any atom is 0.165 e. The molecule has 0 amide bonds. The van der Waals surface area contributed by atoms with Crippen molar-refractivity contribution in [3.63, 3.8) is 0 Å². The van der Waals surface area contributed by atoms with Gasteiger partial charge in [-0.2, -0.15) is 0 Å². The van der Waals surface area contributed by atoms with Crippen LogP contribution in [0.4, 0.5) is 0 Å². The monoisotopic (exact) mass is 669 g/mol. The molecule has 0 fully saturated rings. The highest BCUT2D eigenvalue weighted by Gasteiger charge is 2.25. The van der Waals surface area contributed by atoms with E-state index in [0.29, 0.717) is 0 Å². The average molecular weight is 670 g/mol. The third-order valence-electron chi connectivity index (χ3n) is 10.1. The van der Waals surface area contributed by atoms with Crippen molar-refractivity contribution < 1.29 is 0 Å². The molecule has 0 bridgehead atoms. The third kappa shape index (κ3) is 4.43. The molecule has 0 aliphatic heterocycles. The summed E-state index contributed by atoms with van der Waals surface area (Å²) in [7, 11) is 0. The number of benzene rings is 7. The second-order valence-corrected chi connectivity index (χ2v) is 13.9. The molecule has 0 aliphatic carbocycles. The summed E-state index contributed by atoms with van der Waals surface area (Å²) in [5, 5.41) is 10.0. The minimum Gasteiger partial charge on any atom is -0.290 e. The van der Waals surface area contributed by atoms with Crippen LogP contribution in [0.25, 0.3) is 104 Å². The van der Waals surface area contributed by atoms with Crippen molar-refractivity contribution in [2.75, 3.05) is 0 Å². The van der Waals surface area contributed by atoms with Gasteiger partial charge in [0, 0.05) is 31.8 Å². The Morgan fingerprint density at radius 1 is 0.549 bits per heavy atom. The normalized spacial score (nSPS) is 12.0. The van der Waals surface area contributed by atoms with Gasteiger partial charge in [0.05, 0.1) is 27.1 Å². The standard InChI is InChI=1S/C47H31N3S/c1-3-14-39-38(4-2)48-43(32-25-23-30(24-26-32)29-15-6-5-7-16-29)47(49-39)50-40-22-13-12-21-36(40)41-34-19-10-11-20-35(34)42-37-28-27-31-17-8-9-18-33(31)45(37)51-46(42)44(41)50/h3-28H,2H2,1H3/b14-3-. The molecule has 7 aromatic carbocycles. The summed E-state index contributed by atoms with van der Waals surface area (Å²) in [5.41, 5.74) is 7.95. The Hall–Kier alpha value is -6.36. The second-order valence-electron chi connectivity index (χ2n) is 12.9. The van der Waals surface area contributed by atoms with Crippen LogP contribution in [-0.2, 0) is 0 Å². The number of nitrogens with zero attached hydrogens (tertiary/aromatic N) is 3. The van der Waals surface area contributed by atoms with Gasteiger partial charge in [-0.15, -0.1) is 11.3 Å². The number of thiophene rings is 1. The SMILES string of the molecule is C=Cc1nc(-c2ccc(-c3ccccc3)cc2)c(-n2c3ccccc3c3c4ccccc4c4c5ccc6ccccc6c5sc4c32)nc1/C=C\C. The molecule has 0 N–H and O–H groups in total. The molecular weight excluding hydrogens is 639 g/mol.